The monoisotopic (exact) mass is 372 g/mol. The van der Waals surface area contributed by atoms with Crippen LogP contribution >= 0.6 is 11.8 Å². The molecule has 1 saturated heterocycles. The number of nitrogens with zero attached hydrogens (tertiary/aromatic N) is 1. The summed E-state index contributed by atoms with van der Waals surface area (Å²) in [5.74, 6) is 1.72. The van der Waals surface area contributed by atoms with Crippen LogP contribution in [0.5, 0.6) is 0 Å². The predicted octanol–water partition coefficient (Wildman–Crippen LogP) is 3.62. The van der Waals surface area contributed by atoms with E-state index >= 15 is 0 Å². The third kappa shape index (κ3) is 3.15. The number of carbonyl (C=O) groups excluding carboxylic acids is 2. The highest BCUT2D eigenvalue weighted by Gasteiger charge is 2.40. The van der Waals surface area contributed by atoms with Crippen molar-refractivity contribution < 1.29 is 9.59 Å². The summed E-state index contributed by atoms with van der Waals surface area (Å²) in [4.78, 5) is 27.5. The van der Waals surface area contributed by atoms with Crippen molar-refractivity contribution >= 4 is 23.6 Å². The molecule has 0 bridgehead atoms. The molecule has 1 aromatic rings. The smallest absolute Gasteiger partial charge is 0.244 e. The summed E-state index contributed by atoms with van der Waals surface area (Å²) in [5, 5.41) is 3.27. The Bertz CT molecular complexity index is 714. The third-order valence-corrected chi connectivity index (χ3v) is 7.37. The standard InChI is InChI=1S/C21H28N2O2S/c1-21(2)11-10-17(15-8-3-4-9-16(15)21)22-19(24)18-12-26-13-23(18)20(25)14-6-5-7-14/h3-4,8-9,14,17-18H,5-7,10-13H2,1-2H3,(H,22,24)/t17-,18-/m0/s1. The largest absolute Gasteiger partial charge is 0.347 e. The van der Waals surface area contributed by atoms with E-state index in [0.717, 1.165) is 32.1 Å². The zero-order valence-corrected chi connectivity index (χ0v) is 16.5. The number of nitrogens with one attached hydrogen (secondary N) is 1. The van der Waals surface area contributed by atoms with E-state index in [1.165, 1.54) is 11.1 Å². The second-order valence-corrected chi connectivity index (χ2v) is 9.52. The minimum Gasteiger partial charge on any atom is -0.347 e. The van der Waals surface area contributed by atoms with Crippen molar-refractivity contribution in [1.29, 1.82) is 0 Å². The van der Waals surface area contributed by atoms with E-state index in [9.17, 15) is 9.59 Å². The second kappa shape index (κ2) is 6.91. The number of benzene rings is 1. The van der Waals surface area contributed by atoms with Crippen LogP contribution in [-0.2, 0) is 15.0 Å². The summed E-state index contributed by atoms with van der Waals surface area (Å²) < 4.78 is 0. The first-order valence-electron chi connectivity index (χ1n) is 9.75. The van der Waals surface area contributed by atoms with Crippen LogP contribution < -0.4 is 5.32 Å². The number of hydrogen-bond acceptors (Lipinski definition) is 3. The Morgan fingerprint density at radius 3 is 2.69 bits per heavy atom. The first-order chi connectivity index (χ1) is 12.5. The maximum absolute atomic E-state index is 13.0. The predicted molar refractivity (Wildman–Crippen MR) is 105 cm³/mol. The molecule has 1 heterocycles. The molecular weight excluding hydrogens is 344 g/mol. The molecule has 0 aromatic heterocycles. The molecule has 3 aliphatic rings. The Hall–Kier alpha value is -1.49. The first-order valence-corrected chi connectivity index (χ1v) is 10.9. The lowest BCUT2D eigenvalue weighted by molar-refractivity contribution is -0.143. The Balaban J connectivity index is 1.48. The van der Waals surface area contributed by atoms with Gasteiger partial charge in [-0.1, -0.05) is 44.5 Å². The van der Waals surface area contributed by atoms with Crippen molar-refractivity contribution in [2.75, 3.05) is 11.6 Å². The van der Waals surface area contributed by atoms with E-state index < -0.39 is 0 Å². The highest BCUT2D eigenvalue weighted by Crippen LogP contribution is 2.41. The zero-order chi connectivity index (χ0) is 18.3. The molecule has 4 rings (SSSR count). The van der Waals surface area contributed by atoms with Gasteiger partial charge in [0.05, 0.1) is 11.9 Å². The normalized spacial score (nSPS) is 27.5. The summed E-state index contributed by atoms with van der Waals surface area (Å²) in [6.45, 7) is 4.55. The minimum atomic E-state index is -0.310. The van der Waals surface area contributed by atoms with Crippen LogP contribution in [0.25, 0.3) is 0 Å². The van der Waals surface area contributed by atoms with Crippen LogP contribution in [0.2, 0.25) is 0 Å². The molecule has 1 aromatic carbocycles. The molecule has 140 valence electrons. The Kier molecular flexibility index (Phi) is 4.76. The van der Waals surface area contributed by atoms with Gasteiger partial charge >= 0.3 is 0 Å². The SMILES string of the molecule is CC1(C)CC[C@H](NC(=O)[C@@H]2CSCN2C(=O)C2CCC2)c2ccccc21. The van der Waals surface area contributed by atoms with Crippen molar-refractivity contribution in [1.82, 2.24) is 10.2 Å². The number of fused-ring (bicyclic) bond motifs is 1. The van der Waals surface area contributed by atoms with Gasteiger partial charge < -0.3 is 10.2 Å². The highest BCUT2D eigenvalue weighted by atomic mass is 32.2. The van der Waals surface area contributed by atoms with Gasteiger partial charge in [0.1, 0.15) is 6.04 Å². The molecular formula is C21H28N2O2S. The van der Waals surface area contributed by atoms with Crippen molar-refractivity contribution in [2.45, 2.75) is 63.5 Å². The van der Waals surface area contributed by atoms with E-state index in [1.807, 2.05) is 4.90 Å². The van der Waals surface area contributed by atoms with Crippen molar-refractivity contribution in [3.8, 4) is 0 Å². The number of amides is 2. The molecule has 2 atom stereocenters. The van der Waals surface area contributed by atoms with Gasteiger partial charge in [-0.2, -0.15) is 0 Å². The van der Waals surface area contributed by atoms with Gasteiger partial charge in [0, 0.05) is 11.7 Å². The summed E-state index contributed by atoms with van der Waals surface area (Å²) in [6, 6.07) is 8.20. The minimum absolute atomic E-state index is 0.0159. The maximum atomic E-state index is 13.0. The van der Waals surface area contributed by atoms with Gasteiger partial charge in [0.15, 0.2) is 0 Å². The van der Waals surface area contributed by atoms with E-state index in [-0.39, 0.29) is 35.2 Å². The molecule has 26 heavy (non-hydrogen) atoms. The highest BCUT2D eigenvalue weighted by molar-refractivity contribution is 7.99. The van der Waals surface area contributed by atoms with E-state index in [0.29, 0.717) is 11.6 Å². The van der Waals surface area contributed by atoms with Crippen LogP contribution in [0.15, 0.2) is 24.3 Å². The molecule has 1 N–H and O–H groups in total. The fraction of sp³-hybridized carbons (Fsp3) is 0.619. The van der Waals surface area contributed by atoms with Crippen molar-refractivity contribution in [3.63, 3.8) is 0 Å². The van der Waals surface area contributed by atoms with Gasteiger partial charge in [0.2, 0.25) is 11.8 Å². The zero-order valence-electron chi connectivity index (χ0n) is 15.7. The third-order valence-electron chi connectivity index (χ3n) is 6.36. The first kappa shape index (κ1) is 17.9. The number of hydrogen-bond donors (Lipinski definition) is 1. The Labute approximate surface area is 160 Å². The maximum Gasteiger partial charge on any atom is 0.244 e. The van der Waals surface area contributed by atoms with E-state index in [4.69, 9.17) is 0 Å². The second-order valence-electron chi connectivity index (χ2n) is 8.52. The average Bonchev–Trinajstić information content (AvgIpc) is 3.06. The molecule has 0 spiro atoms. The van der Waals surface area contributed by atoms with Crippen LogP contribution in [0.1, 0.15) is 63.1 Å². The van der Waals surface area contributed by atoms with E-state index in [2.05, 4.69) is 43.4 Å². The molecule has 4 nitrogen and oxygen atoms in total. The molecule has 1 saturated carbocycles. The van der Waals surface area contributed by atoms with Crippen molar-refractivity contribution in [3.05, 3.63) is 35.4 Å². The summed E-state index contributed by atoms with van der Waals surface area (Å²) >= 11 is 1.69. The summed E-state index contributed by atoms with van der Waals surface area (Å²) in [7, 11) is 0. The fourth-order valence-electron chi connectivity index (χ4n) is 4.40. The lowest BCUT2D eigenvalue weighted by Crippen LogP contribution is -2.51. The molecule has 5 heteroatoms. The summed E-state index contributed by atoms with van der Waals surface area (Å²) in [6.07, 6.45) is 5.12. The van der Waals surface area contributed by atoms with Gasteiger partial charge in [-0.25, -0.2) is 0 Å². The molecule has 0 radical (unpaired) electrons. The number of thioether (sulfide) groups is 1. The number of rotatable bonds is 3. The quantitative estimate of drug-likeness (QED) is 0.882. The number of carbonyl (C=O) groups is 2. The van der Waals surface area contributed by atoms with Gasteiger partial charge in [-0.05, 0) is 42.2 Å². The van der Waals surface area contributed by atoms with E-state index in [1.54, 1.807) is 11.8 Å². The van der Waals surface area contributed by atoms with Crippen LogP contribution in [0.3, 0.4) is 0 Å². The van der Waals surface area contributed by atoms with Gasteiger partial charge in [-0.3, -0.25) is 9.59 Å². The lowest BCUT2D eigenvalue weighted by Gasteiger charge is -2.38. The molecule has 0 unspecified atom stereocenters. The van der Waals surface area contributed by atoms with Crippen LogP contribution in [0, 0.1) is 5.92 Å². The molecule has 2 fully saturated rings. The lowest BCUT2D eigenvalue weighted by atomic mass is 9.71. The van der Waals surface area contributed by atoms with Crippen LogP contribution in [-0.4, -0.2) is 34.4 Å². The Morgan fingerprint density at radius 1 is 1.19 bits per heavy atom. The molecule has 1 aliphatic heterocycles. The van der Waals surface area contributed by atoms with Gasteiger partial charge in [-0.15, -0.1) is 11.8 Å². The molecule has 2 aliphatic carbocycles. The van der Waals surface area contributed by atoms with Gasteiger partial charge in [0.25, 0.3) is 0 Å². The van der Waals surface area contributed by atoms with Crippen molar-refractivity contribution in [2.24, 2.45) is 5.92 Å². The topological polar surface area (TPSA) is 49.4 Å². The summed E-state index contributed by atoms with van der Waals surface area (Å²) in [5.41, 5.74) is 2.71. The average molecular weight is 373 g/mol. The van der Waals surface area contributed by atoms with Crippen LogP contribution in [0.4, 0.5) is 0 Å². The Morgan fingerprint density at radius 2 is 1.96 bits per heavy atom. The molecule has 2 amide bonds. The fourth-order valence-corrected chi connectivity index (χ4v) is 5.56.